The number of esters is 1. The van der Waals surface area contributed by atoms with Gasteiger partial charge in [0.1, 0.15) is 0 Å². The molecule has 0 unspecified atom stereocenters. The second-order valence-electron chi connectivity index (χ2n) is 3.88. The molecule has 0 aliphatic heterocycles. The van der Waals surface area contributed by atoms with Crippen LogP contribution in [0.3, 0.4) is 0 Å². The van der Waals surface area contributed by atoms with E-state index in [4.69, 9.17) is 4.74 Å². The van der Waals surface area contributed by atoms with Gasteiger partial charge in [0.05, 0.1) is 12.5 Å². The summed E-state index contributed by atoms with van der Waals surface area (Å²) in [5.74, 6) is 5.78. The summed E-state index contributed by atoms with van der Waals surface area (Å²) < 4.78 is 4.91. The molecular weight excluding hydrogens is 188 g/mol. The van der Waals surface area contributed by atoms with Crippen molar-refractivity contribution in [1.29, 1.82) is 0 Å². The van der Waals surface area contributed by atoms with Gasteiger partial charge in [0, 0.05) is 6.42 Å². The number of ether oxygens (including phenoxy) is 1. The molecule has 0 heterocycles. The van der Waals surface area contributed by atoms with Crippen LogP contribution < -0.4 is 0 Å². The minimum Gasteiger partial charge on any atom is -0.469 e. The Balaban J connectivity index is 4.83. The second-order valence-corrected chi connectivity index (χ2v) is 3.88. The van der Waals surface area contributed by atoms with E-state index in [-0.39, 0.29) is 11.4 Å². The summed E-state index contributed by atoms with van der Waals surface area (Å²) >= 11 is 0. The minimum absolute atomic E-state index is 0.103. The van der Waals surface area contributed by atoms with Crippen molar-refractivity contribution in [2.45, 2.75) is 52.9 Å². The number of carbonyl (C=O) groups is 1. The molecule has 0 aliphatic rings. The molecule has 0 spiro atoms. The summed E-state index contributed by atoms with van der Waals surface area (Å²) in [7, 11) is 1.46. The highest BCUT2D eigenvalue weighted by molar-refractivity contribution is 5.77. The molecule has 2 heteroatoms. The SMILES string of the molecule is CC#CCC(CCC)(CCC)C(=O)OC. The van der Waals surface area contributed by atoms with E-state index in [0.29, 0.717) is 6.42 Å². The maximum atomic E-state index is 11.8. The van der Waals surface area contributed by atoms with Crippen molar-refractivity contribution in [3.05, 3.63) is 0 Å². The molecule has 0 amide bonds. The molecule has 0 rings (SSSR count). The van der Waals surface area contributed by atoms with Crippen LogP contribution in [0.1, 0.15) is 52.9 Å². The van der Waals surface area contributed by atoms with E-state index in [1.54, 1.807) is 6.92 Å². The Morgan fingerprint density at radius 1 is 1.27 bits per heavy atom. The molecular formula is C13H22O2. The van der Waals surface area contributed by atoms with Gasteiger partial charge in [0.2, 0.25) is 0 Å². The fraction of sp³-hybridized carbons (Fsp3) is 0.769. The number of carbonyl (C=O) groups excluding carboxylic acids is 1. The van der Waals surface area contributed by atoms with Crippen molar-refractivity contribution < 1.29 is 9.53 Å². The van der Waals surface area contributed by atoms with Crippen molar-refractivity contribution in [1.82, 2.24) is 0 Å². The van der Waals surface area contributed by atoms with Gasteiger partial charge in [-0.3, -0.25) is 4.79 Å². The first-order valence-corrected chi connectivity index (χ1v) is 5.64. The predicted molar refractivity (Wildman–Crippen MR) is 62.3 cm³/mol. The largest absolute Gasteiger partial charge is 0.469 e. The maximum Gasteiger partial charge on any atom is 0.312 e. The normalized spacial score (nSPS) is 10.4. The second kappa shape index (κ2) is 7.34. The van der Waals surface area contributed by atoms with Gasteiger partial charge in [-0.2, -0.15) is 0 Å². The highest BCUT2D eigenvalue weighted by Crippen LogP contribution is 2.34. The van der Waals surface area contributed by atoms with E-state index in [1.807, 2.05) is 0 Å². The lowest BCUT2D eigenvalue weighted by Gasteiger charge is -2.28. The van der Waals surface area contributed by atoms with Crippen molar-refractivity contribution in [2.24, 2.45) is 5.41 Å². The molecule has 0 atom stereocenters. The van der Waals surface area contributed by atoms with Crippen molar-refractivity contribution in [3.8, 4) is 11.8 Å². The van der Waals surface area contributed by atoms with Gasteiger partial charge in [-0.15, -0.1) is 11.8 Å². The van der Waals surface area contributed by atoms with Gasteiger partial charge in [-0.1, -0.05) is 26.7 Å². The number of hydrogen-bond donors (Lipinski definition) is 0. The average molecular weight is 210 g/mol. The van der Waals surface area contributed by atoms with Crippen LogP contribution in [0.25, 0.3) is 0 Å². The standard InChI is InChI=1S/C13H22O2/c1-5-8-11-13(9-6-2,10-7-3)12(14)15-4/h6-7,9-11H2,1-4H3. The average Bonchev–Trinajstić information content (AvgIpc) is 2.25. The summed E-state index contributed by atoms with van der Waals surface area (Å²) in [5.41, 5.74) is -0.374. The zero-order valence-electron chi connectivity index (χ0n) is 10.4. The minimum atomic E-state index is -0.374. The molecule has 0 saturated heterocycles. The molecule has 86 valence electrons. The Kier molecular flexibility index (Phi) is 6.86. The van der Waals surface area contributed by atoms with Gasteiger partial charge >= 0.3 is 5.97 Å². The zero-order chi connectivity index (χ0) is 11.7. The van der Waals surface area contributed by atoms with Crippen LogP contribution in [0.2, 0.25) is 0 Å². The maximum absolute atomic E-state index is 11.8. The quantitative estimate of drug-likeness (QED) is 0.497. The van der Waals surface area contributed by atoms with Crippen molar-refractivity contribution in [3.63, 3.8) is 0 Å². The molecule has 0 N–H and O–H groups in total. The van der Waals surface area contributed by atoms with E-state index < -0.39 is 0 Å². The van der Waals surface area contributed by atoms with Gasteiger partial charge in [0.15, 0.2) is 0 Å². The van der Waals surface area contributed by atoms with Gasteiger partial charge in [0.25, 0.3) is 0 Å². The molecule has 0 aliphatic carbocycles. The van der Waals surface area contributed by atoms with Crippen LogP contribution in [-0.4, -0.2) is 13.1 Å². The summed E-state index contributed by atoms with van der Waals surface area (Å²) in [6, 6.07) is 0. The third-order valence-corrected chi connectivity index (χ3v) is 2.68. The molecule has 0 saturated carbocycles. The van der Waals surface area contributed by atoms with Crippen LogP contribution in [0, 0.1) is 17.3 Å². The van der Waals surface area contributed by atoms with Crippen molar-refractivity contribution >= 4 is 5.97 Å². The van der Waals surface area contributed by atoms with E-state index in [9.17, 15) is 4.79 Å². The lowest BCUT2D eigenvalue weighted by molar-refractivity contribution is -0.153. The van der Waals surface area contributed by atoms with Crippen LogP contribution in [0.4, 0.5) is 0 Å². The molecule has 0 aromatic carbocycles. The van der Waals surface area contributed by atoms with Crippen LogP contribution in [0.15, 0.2) is 0 Å². The van der Waals surface area contributed by atoms with Crippen LogP contribution in [-0.2, 0) is 9.53 Å². The third-order valence-electron chi connectivity index (χ3n) is 2.68. The summed E-state index contributed by atoms with van der Waals surface area (Å²) in [6.45, 7) is 5.99. The van der Waals surface area contributed by atoms with Crippen LogP contribution >= 0.6 is 0 Å². The van der Waals surface area contributed by atoms with E-state index >= 15 is 0 Å². The molecule has 0 radical (unpaired) electrons. The Morgan fingerprint density at radius 2 is 1.80 bits per heavy atom. The fourth-order valence-corrected chi connectivity index (χ4v) is 2.01. The van der Waals surface area contributed by atoms with E-state index in [1.165, 1.54) is 7.11 Å². The van der Waals surface area contributed by atoms with Gasteiger partial charge in [-0.05, 0) is 19.8 Å². The Hall–Kier alpha value is -0.970. The molecule has 15 heavy (non-hydrogen) atoms. The molecule has 0 fully saturated rings. The Bertz CT molecular complexity index is 239. The van der Waals surface area contributed by atoms with Gasteiger partial charge in [-0.25, -0.2) is 0 Å². The highest BCUT2D eigenvalue weighted by atomic mass is 16.5. The number of rotatable bonds is 6. The first kappa shape index (κ1) is 14.0. The van der Waals surface area contributed by atoms with E-state index in [0.717, 1.165) is 25.7 Å². The summed E-state index contributed by atoms with van der Waals surface area (Å²) in [5, 5.41) is 0. The lowest BCUT2D eigenvalue weighted by atomic mass is 9.76. The number of methoxy groups -OCH3 is 1. The first-order chi connectivity index (χ1) is 7.16. The number of hydrogen-bond acceptors (Lipinski definition) is 2. The zero-order valence-corrected chi connectivity index (χ0v) is 10.4. The lowest BCUT2D eigenvalue weighted by Crippen LogP contribution is -2.32. The third kappa shape index (κ3) is 3.95. The van der Waals surface area contributed by atoms with Gasteiger partial charge < -0.3 is 4.74 Å². The molecule has 0 bridgehead atoms. The summed E-state index contributed by atoms with van der Waals surface area (Å²) in [6.07, 6.45) is 4.32. The Morgan fingerprint density at radius 3 is 2.13 bits per heavy atom. The van der Waals surface area contributed by atoms with Crippen LogP contribution in [0.5, 0.6) is 0 Å². The molecule has 2 nitrogen and oxygen atoms in total. The highest BCUT2D eigenvalue weighted by Gasteiger charge is 2.36. The Labute approximate surface area is 93.4 Å². The smallest absolute Gasteiger partial charge is 0.312 e. The monoisotopic (exact) mass is 210 g/mol. The fourth-order valence-electron chi connectivity index (χ4n) is 2.01. The van der Waals surface area contributed by atoms with E-state index in [2.05, 4.69) is 25.7 Å². The predicted octanol–water partition coefficient (Wildman–Crippen LogP) is 3.16. The topological polar surface area (TPSA) is 26.3 Å². The summed E-state index contributed by atoms with van der Waals surface area (Å²) in [4.78, 5) is 11.8. The molecule has 0 aromatic rings. The first-order valence-electron chi connectivity index (χ1n) is 5.64. The van der Waals surface area contributed by atoms with Crippen molar-refractivity contribution in [2.75, 3.05) is 7.11 Å². The molecule has 0 aromatic heterocycles.